The standard InChI is InChI=1S/C19H27N3O2/c23-17-8-4-5-13-22(17)18(16-6-2-1-3-7-16)19(24)21-12-10-15-9-11-20-14-15/h1-3,6-7,15,18,20H,4-5,8-14H2,(H,21,24). The number of carbonyl (C=O) groups is 2. The Bertz CT molecular complexity index is 555. The molecule has 2 N–H and O–H groups in total. The lowest BCUT2D eigenvalue weighted by Gasteiger charge is -2.34. The van der Waals surface area contributed by atoms with Gasteiger partial charge in [-0.25, -0.2) is 0 Å². The molecule has 24 heavy (non-hydrogen) atoms. The third kappa shape index (κ3) is 4.15. The molecule has 1 aromatic rings. The van der Waals surface area contributed by atoms with Gasteiger partial charge in [-0.1, -0.05) is 30.3 Å². The molecule has 2 aliphatic rings. The van der Waals surface area contributed by atoms with Crippen LogP contribution in [0.4, 0.5) is 0 Å². The fourth-order valence-corrected chi connectivity index (χ4v) is 3.66. The number of nitrogens with zero attached hydrogens (tertiary/aromatic N) is 1. The molecule has 2 atom stereocenters. The Morgan fingerprint density at radius 3 is 2.83 bits per heavy atom. The van der Waals surface area contributed by atoms with Crippen LogP contribution in [0, 0.1) is 5.92 Å². The summed E-state index contributed by atoms with van der Waals surface area (Å²) in [5.74, 6) is 0.685. The summed E-state index contributed by atoms with van der Waals surface area (Å²) in [7, 11) is 0. The molecule has 2 aliphatic heterocycles. The predicted octanol–water partition coefficient (Wildman–Crippen LogP) is 1.86. The number of nitrogens with one attached hydrogen (secondary N) is 2. The molecule has 2 fully saturated rings. The van der Waals surface area contributed by atoms with Gasteiger partial charge in [-0.2, -0.15) is 0 Å². The van der Waals surface area contributed by atoms with Crippen LogP contribution in [0.1, 0.15) is 43.7 Å². The fraction of sp³-hybridized carbons (Fsp3) is 0.579. The molecule has 0 aliphatic carbocycles. The van der Waals surface area contributed by atoms with Crippen LogP contribution in [-0.2, 0) is 9.59 Å². The summed E-state index contributed by atoms with van der Waals surface area (Å²) < 4.78 is 0. The Kier molecular flexibility index (Phi) is 5.86. The maximum atomic E-state index is 12.8. The summed E-state index contributed by atoms with van der Waals surface area (Å²) in [5, 5.41) is 6.42. The average Bonchev–Trinajstić information content (AvgIpc) is 3.11. The summed E-state index contributed by atoms with van der Waals surface area (Å²) in [6, 6.07) is 9.16. The Balaban J connectivity index is 1.66. The smallest absolute Gasteiger partial charge is 0.247 e. The van der Waals surface area contributed by atoms with Crippen molar-refractivity contribution in [2.45, 2.75) is 38.1 Å². The largest absolute Gasteiger partial charge is 0.354 e. The van der Waals surface area contributed by atoms with Crippen molar-refractivity contribution in [3.8, 4) is 0 Å². The van der Waals surface area contributed by atoms with Crippen LogP contribution in [0.3, 0.4) is 0 Å². The lowest BCUT2D eigenvalue weighted by atomic mass is 10.00. The van der Waals surface area contributed by atoms with Gasteiger partial charge in [0.05, 0.1) is 0 Å². The number of rotatable bonds is 6. The SMILES string of the molecule is O=C(NCCC1CCNC1)C(c1ccccc1)N1CCCCC1=O. The molecule has 130 valence electrons. The second-order valence-corrected chi connectivity index (χ2v) is 6.80. The van der Waals surface area contributed by atoms with E-state index in [1.165, 1.54) is 6.42 Å². The molecule has 0 spiro atoms. The molecule has 0 saturated carbocycles. The number of likely N-dealkylation sites (tertiary alicyclic amines) is 1. The van der Waals surface area contributed by atoms with Crippen molar-refractivity contribution in [2.24, 2.45) is 5.92 Å². The zero-order valence-electron chi connectivity index (χ0n) is 14.2. The third-order valence-electron chi connectivity index (χ3n) is 5.05. The molecule has 0 bridgehead atoms. The molecule has 5 heteroatoms. The van der Waals surface area contributed by atoms with Crippen LogP contribution in [0.5, 0.6) is 0 Å². The molecule has 0 radical (unpaired) electrons. The van der Waals surface area contributed by atoms with E-state index in [0.717, 1.165) is 37.9 Å². The molecular formula is C19H27N3O2. The summed E-state index contributed by atoms with van der Waals surface area (Å²) >= 11 is 0. The highest BCUT2D eigenvalue weighted by atomic mass is 16.2. The normalized spacial score (nSPS) is 22.4. The van der Waals surface area contributed by atoms with E-state index >= 15 is 0 Å². The highest BCUT2D eigenvalue weighted by molar-refractivity contribution is 5.89. The van der Waals surface area contributed by atoms with Gasteiger partial charge < -0.3 is 15.5 Å². The van der Waals surface area contributed by atoms with E-state index in [-0.39, 0.29) is 11.8 Å². The minimum atomic E-state index is -0.499. The van der Waals surface area contributed by atoms with E-state index in [4.69, 9.17) is 0 Å². The third-order valence-corrected chi connectivity index (χ3v) is 5.05. The molecule has 0 aromatic heterocycles. The maximum Gasteiger partial charge on any atom is 0.247 e. The zero-order valence-corrected chi connectivity index (χ0v) is 14.2. The van der Waals surface area contributed by atoms with Gasteiger partial charge in [0.15, 0.2) is 0 Å². The van der Waals surface area contributed by atoms with Gasteiger partial charge in [-0.3, -0.25) is 9.59 Å². The van der Waals surface area contributed by atoms with E-state index in [2.05, 4.69) is 10.6 Å². The topological polar surface area (TPSA) is 61.4 Å². The number of carbonyl (C=O) groups excluding carboxylic acids is 2. The lowest BCUT2D eigenvalue weighted by molar-refractivity contribution is -0.142. The van der Waals surface area contributed by atoms with E-state index in [1.807, 2.05) is 30.3 Å². The summed E-state index contributed by atoms with van der Waals surface area (Å²) in [5.41, 5.74) is 0.896. The molecule has 2 unspecified atom stereocenters. The van der Waals surface area contributed by atoms with Crippen LogP contribution in [0.2, 0.25) is 0 Å². The summed E-state index contributed by atoms with van der Waals surface area (Å²) in [6.07, 6.45) is 4.62. The molecule has 2 heterocycles. The van der Waals surface area contributed by atoms with Crippen LogP contribution in [0.25, 0.3) is 0 Å². The minimum absolute atomic E-state index is 0.0533. The quantitative estimate of drug-likeness (QED) is 0.837. The molecule has 5 nitrogen and oxygen atoms in total. The van der Waals surface area contributed by atoms with Gasteiger partial charge in [-0.05, 0) is 50.3 Å². The van der Waals surface area contributed by atoms with Crippen molar-refractivity contribution in [3.05, 3.63) is 35.9 Å². The number of hydrogen-bond acceptors (Lipinski definition) is 3. The highest BCUT2D eigenvalue weighted by Crippen LogP contribution is 2.25. The lowest BCUT2D eigenvalue weighted by Crippen LogP contribution is -2.46. The Morgan fingerprint density at radius 1 is 1.29 bits per heavy atom. The molecule has 2 amide bonds. The monoisotopic (exact) mass is 329 g/mol. The summed E-state index contributed by atoms with van der Waals surface area (Å²) in [6.45, 7) is 3.46. The van der Waals surface area contributed by atoms with Gasteiger partial charge in [0.1, 0.15) is 6.04 Å². The predicted molar refractivity (Wildman–Crippen MR) is 93.4 cm³/mol. The first kappa shape index (κ1) is 17.0. The maximum absolute atomic E-state index is 12.8. The Labute approximate surface area is 143 Å². The van der Waals surface area contributed by atoms with Crippen LogP contribution >= 0.6 is 0 Å². The fourth-order valence-electron chi connectivity index (χ4n) is 3.66. The van der Waals surface area contributed by atoms with Crippen molar-refractivity contribution in [1.82, 2.24) is 15.5 Å². The Hall–Kier alpha value is -1.88. The highest BCUT2D eigenvalue weighted by Gasteiger charge is 2.32. The van der Waals surface area contributed by atoms with Crippen molar-refractivity contribution in [1.29, 1.82) is 0 Å². The first-order valence-electron chi connectivity index (χ1n) is 9.08. The van der Waals surface area contributed by atoms with Crippen LogP contribution in [0.15, 0.2) is 30.3 Å². The van der Waals surface area contributed by atoms with E-state index in [0.29, 0.717) is 25.4 Å². The second kappa shape index (κ2) is 8.29. The van der Waals surface area contributed by atoms with Gasteiger partial charge in [-0.15, -0.1) is 0 Å². The van der Waals surface area contributed by atoms with Crippen molar-refractivity contribution >= 4 is 11.8 Å². The van der Waals surface area contributed by atoms with Gasteiger partial charge in [0.25, 0.3) is 0 Å². The second-order valence-electron chi connectivity index (χ2n) is 6.80. The first-order valence-corrected chi connectivity index (χ1v) is 9.08. The van der Waals surface area contributed by atoms with E-state index < -0.39 is 6.04 Å². The van der Waals surface area contributed by atoms with Gasteiger partial charge in [0, 0.05) is 19.5 Å². The zero-order chi connectivity index (χ0) is 16.8. The average molecular weight is 329 g/mol. The van der Waals surface area contributed by atoms with Crippen molar-refractivity contribution in [2.75, 3.05) is 26.2 Å². The van der Waals surface area contributed by atoms with Gasteiger partial charge in [0.2, 0.25) is 11.8 Å². The van der Waals surface area contributed by atoms with Crippen LogP contribution in [-0.4, -0.2) is 42.9 Å². The molecular weight excluding hydrogens is 302 g/mol. The first-order chi connectivity index (χ1) is 11.8. The van der Waals surface area contributed by atoms with Crippen molar-refractivity contribution in [3.63, 3.8) is 0 Å². The number of hydrogen-bond donors (Lipinski definition) is 2. The summed E-state index contributed by atoms with van der Waals surface area (Å²) in [4.78, 5) is 26.9. The number of amides is 2. The molecule has 1 aromatic carbocycles. The van der Waals surface area contributed by atoms with E-state index in [9.17, 15) is 9.59 Å². The van der Waals surface area contributed by atoms with Crippen molar-refractivity contribution < 1.29 is 9.59 Å². The molecule has 3 rings (SSSR count). The minimum Gasteiger partial charge on any atom is -0.354 e. The molecule has 2 saturated heterocycles. The van der Waals surface area contributed by atoms with Gasteiger partial charge >= 0.3 is 0 Å². The van der Waals surface area contributed by atoms with E-state index in [1.54, 1.807) is 4.90 Å². The number of benzene rings is 1. The number of piperidine rings is 1. The van der Waals surface area contributed by atoms with Crippen LogP contribution < -0.4 is 10.6 Å². The Morgan fingerprint density at radius 2 is 2.12 bits per heavy atom.